The SMILES string of the molecule is Cn1cc(CC2(O)CCC(C)(C)CC2)nn1. The molecule has 1 N–H and O–H groups in total. The van der Waals surface area contributed by atoms with Crippen LogP contribution in [0.4, 0.5) is 0 Å². The summed E-state index contributed by atoms with van der Waals surface area (Å²) >= 11 is 0. The Morgan fingerprint density at radius 1 is 1.31 bits per heavy atom. The van der Waals surface area contributed by atoms with Crippen molar-refractivity contribution in [1.29, 1.82) is 0 Å². The van der Waals surface area contributed by atoms with Crippen molar-refractivity contribution in [3.8, 4) is 0 Å². The summed E-state index contributed by atoms with van der Waals surface area (Å²) in [6, 6.07) is 0. The second kappa shape index (κ2) is 3.84. The quantitative estimate of drug-likeness (QED) is 0.830. The third-order valence-electron chi connectivity index (χ3n) is 3.69. The van der Waals surface area contributed by atoms with E-state index in [-0.39, 0.29) is 0 Å². The lowest BCUT2D eigenvalue weighted by Crippen LogP contribution is -2.38. The lowest BCUT2D eigenvalue weighted by atomic mass is 9.70. The second-order valence-electron chi connectivity index (χ2n) is 5.95. The Bertz CT molecular complexity index is 360. The van der Waals surface area contributed by atoms with Crippen LogP contribution >= 0.6 is 0 Å². The fourth-order valence-electron chi connectivity index (χ4n) is 2.38. The first-order valence-corrected chi connectivity index (χ1v) is 5.96. The largest absolute Gasteiger partial charge is 0.389 e. The number of aliphatic hydroxyl groups is 1. The molecule has 0 atom stereocenters. The molecular formula is C12H21N3O. The highest BCUT2D eigenvalue weighted by atomic mass is 16.3. The number of aryl methyl sites for hydroxylation is 1. The molecule has 0 saturated heterocycles. The van der Waals surface area contributed by atoms with E-state index in [1.165, 1.54) is 0 Å². The van der Waals surface area contributed by atoms with Gasteiger partial charge in [0.2, 0.25) is 0 Å². The van der Waals surface area contributed by atoms with Gasteiger partial charge in [0.15, 0.2) is 0 Å². The fraction of sp³-hybridized carbons (Fsp3) is 0.833. The van der Waals surface area contributed by atoms with Crippen molar-refractivity contribution < 1.29 is 5.11 Å². The van der Waals surface area contributed by atoms with E-state index in [1.807, 2.05) is 13.2 Å². The normalized spacial score (nSPS) is 23.2. The molecule has 0 amide bonds. The minimum Gasteiger partial charge on any atom is -0.389 e. The number of nitrogens with zero attached hydrogens (tertiary/aromatic N) is 3. The molecular weight excluding hydrogens is 202 g/mol. The van der Waals surface area contributed by atoms with Gasteiger partial charge in [-0.1, -0.05) is 19.1 Å². The zero-order valence-electron chi connectivity index (χ0n) is 10.4. The van der Waals surface area contributed by atoms with Crippen molar-refractivity contribution in [2.45, 2.75) is 51.6 Å². The highest BCUT2D eigenvalue weighted by molar-refractivity contribution is 5.01. The number of rotatable bonds is 2. The smallest absolute Gasteiger partial charge is 0.0855 e. The Labute approximate surface area is 96.7 Å². The van der Waals surface area contributed by atoms with Crippen LogP contribution in [0.5, 0.6) is 0 Å². The first-order chi connectivity index (χ1) is 7.39. The lowest BCUT2D eigenvalue weighted by molar-refractivity contribution is -0.0258. The van der Waals surface area contributed by atoms with Crippen molar-refractivity contribution in [1.82, 2.24) is 15.0 Å². The van der Waals surface area contributed by atoms with Gasteiger partial charge in [-0.05, 0) is 31.1 Å². The van der Waals surface area contributed by atoms with Crippen LogP contribution in [0.15, 0.2) is 6.20 Å². The molecule has 0 bridgehead atoms. The Hall–Kier alpha value is -0.900. The molecule has 0 unspecified atom stereocenters. The first-order valence-electron chi connectivity index (χ1n) is 5.96. The minimum absolute atomic E-state index is 0.384. The van der Waals surface area contributed by atoms with Crippen LogP contribution in [0, 0.1) is 5.41 Å². The zero-order chi connectivity index (χ0) is 11.8. The van der Waals surface area contributed by atoms with Gasteiger partial charge in [-0.2, -0.15) is 0 Å². The Morgan fingerprint density at radius 2 is 1.94 bits per heavy atom. The van der Waals surface area contributed by atoms with Crippen LogP contribution in [-0.4, -0.2) is 25.7 Å². The van der Waals surface area contributed by atoms with E-state index < -0.39 is 5.60 Å². The molecule has 0 radical (unpaired) electrons. The van der Waals surface area contributed by atoms with Crippen molar-refractivity contribution in [2.24, 2.45) is 12.5 Å². The molecule has 1 aromatic rings. The fourth-order valence-corrected chi connectivity index (χ4v) is 2.38. The molecule has 1 aliphatic carbocycles. The number of hydrogen-bond acceptors (Lipinski definition) is 3. The van der Waals surface area contributed by atoms with Crippen LogP contribution in [0.25, 0.3) is 0 Å². The molecule has 2 rings (SSSR count). The van der Waals surface area contributed by atoms with Gasteiger partial charge in [-0.15, -0.1) is 5.10 Å². The summed E-state index contributed by atoms with van der Waals surface area (Å²) in [5, 5.41) is 18.4. The van der Waals surface area contributed by atoms with E-state index in [9.17, 15) is 5.11 Å². The van der Waals surface area contributed by atoms with Crippen LogP contribution in [0.2, 0.25) is 0 Å². The maximum Gasteiger partial charge on any atom is 0.0855 e. The van der Waals surface area contributed by atoms with Crippen molar-refractivity contribution in [2.75, 3.05) is 0 Å². The molecule has 1 aromatic heterocycles. The summed E-state index contributed by atoms with van der Waals surface area (Å²) < 4.78 is 1.69. The summed E-state index contributed by atoms with van der Waals surface area (Å²) in [6.07, 6.45) is 6.44. The average Bonchev–Trinajstić information content (AvgIpc) is 2.58. The van der Waals surface area contributed by atoms with Crippen LogP contribution in [0.1, 0.15) is 45.2 Å². The zero-order valence-corrected chi connectivity index (χ0v) is 10.4. The maximum atomic E-state index is 10.5. The molecule has 1 heterocycles. The van der Waals surface area contributed by atoms with E-state index >= 15 is 0 Å². The Kier molecular flexibility index (Phi) is 2.78. The summed E-state index contributed by atoms with van der Waals surface area (Å²) in [4.78, 5) is 0. The number of aromatic nitrogens is 3. The molecule has 0 spiro atoms. The van der Waals surface area contributed by atoms with Gasteiger partial charge < -0.3 is 5.11 Å². The molecule has 4 heteroatoms. The third-order valence-corrected chi connectivity index (χ3v) is 3.69. The van der Waals surface area contributed by atoms with Gasteiger partial charge in [-0.25, -0.2) is 0 Å². The van der Waals surface area contributed by atoms with Gasteiger partial charge in [0.25, 0.3) is 0 Å². The summed E-state index contributed by atoms with van der Waals surface area (Å²) in [5.74, 6) is 0. The standard InChI is InChI=1S/C12H21N3O/c1-11(2)4-6-12(16,7-5-11)8-10-9-15(3)14-13-10/h9,16H,4-8H2,1-3H3. The molecule has 0 aromatic carbocycles. The summed E-state index contributed by atoms with van der Waals surface area (Å²) in [5.41, 5.74) is 0.713. The number of hydrogen-bond donors (Lipinski definition) is 1. The van der Waals surface area contributed by atoms with E-state index in [2.05, 4.69) is 24.2 Å². The molecule has 90 valence electrons. The van der Waals surface area contributed by atoms with Gasteiger partial charge in [0, 0.05) is 19.7 Å². The highest BCUT2D eigenvalue weighted by Crippen LogP contribution is 2.41. The van der Waals surface area contributed by atoms with Crippen molar-refractivity contribution in [3.63, 3.8) is 0 Å². The topological polar surface area (TPSA) is 50.9 Å². The first kappa shape index (κ1) is 11.6. The second-order valence-corrected chi connectivity index (χ2v) is 5.95. The van der Waals surface area contributed by atoms with Gasteiger partial charge in [0.05, 0.1) is 11.3 Å². The van der Waals surface area contributed by atoms with E-state index in [0.29, 0.717) is 11.8 Å². The van der Waals surface area contributed by atoms with Crippen LogP contribution < -0.4 is 0 Å². The Morgan fingerprint density at radius 3 is 2.44 bits per heavy atom. The average molecular weight is 223 g/mol. The van der Waals surface area contributed by atoms with Gasteiger partial charge in [-0.3, -0.25) is 4.68 Å². The molecule has 4 nitrogen and oxygen atoms in total. The lowest BCUT2D eigenvalue weighted by Gasteiger charge is -2.39. The van der Waals surface area contributed by atoms with Gasteiger partial charge >= 0.3 is 0 Å². The molecule has 0 aliphatic heterocycles. The molecule has 16 heavy (non-hydrogen) atoms. The van der Waals surface area contributed by atoms with Crippen LogP contribution in [-0.2, 0) is 13.5 Å². The van der Waals surface area contributed by atoms with E-state index in [0.717, 1.165) is 31.4 Å². The molecule has 1 saturated carbocycles. The summed E-state index contributed by atoms with van der Waals surface area (Å²) in [6.45, 7) is 4.55. The molecule has 1 fully saturated rings. The summed E-state index contributed by atoms with van der Waals surface area (Å²) in [7, 11) is 1.85. The predicted octanol–water partition coefficient (Wildman–Crippen LogP) is 1.69. The van der Waals surface area contributed by atoms with E-state index in [4.69, 9.17) is 0 Å². The third kappa shape index (κ3) is 2.61. The highest BCUT2D eigenvalue weighted by Gasteiger charge is 2.37. The predicted molar refractivity (Wildman–Crippen MR) is 61.9 cm³/mol. The monoisotopic (exact) mass is 223 g/mol. The Balaban J connectivity index is 1.99. The minimum atomic E-state index is -0.564. The van der Waals surface area contributed by atoms with Crippen molar-refractivity contribution in [3.05, 3.63) is 11.9 Å². The van der Waals surface area contributed by atoms with Gasteiger partial charge in [0.1, 0.15) is 0 Å². The van der Waals surface area contributed by atoms with E-state index in [1.54, 1.807) is 4.68 Å². The van der Waals surface area contributed by atoms with Crippen LogP contribution in [0.3, 0.4) is 0 Å². The maximum absolute atomic E-state index is 10.5. The molecule has 1 aliphatic rings. The van der Waals surface area contributed by atoms with Crippen molar-refractivity contribution >= 4 is 0 Å².